The Hall–Kier alpha value is -1.36. The molecule has 2 N–H and O–H groups in total. The Bertz CT molecular complexity index is 426. The van der Waals surface area contributed by atoms with Gasteiger partial charge in [0.15, 0.2) is 0 Å². The molecule has 112 valence electrons. The van der Waals surface area contributed by atoms with Crippen molar-refractivity contribution in [2.75, 3.05) is 18.1 Å². The second-order valence-electron chi connectivity index (χ2n) is 5.66. The van der Waals surface area contributed by atoms with Gasteiger partial charge < -0.3 is 15.4 Å². The van der Waals surface area contributed by atoms with Crippen molar-refractivity contribution in [3.63, 3.8) is 0 Å². The number of ether oxygens (including phenoxy) is 1. The van der Waals surface area contributed by atoms with E-state index in [2.05, 4.69) is 29.0 Å². The summed E-state index contributed by atoms with van der Waals surface area (Å²) < 4.78 is 5.19. The van der Waals surface area contributed by atoms with Gasteiger partial charge in [-0.2, -0.15) is 0 Å². The second kappa shape index (κ2) is 7.43. The van der Waals surface area contributed by atoms with Crippen LogP contribution in [0, 0.1) is 0 Å². The molecule has 0 aliphatic heterocycles. The molecular weight excluding hydrogens is 272 g/mol. The molecule has 0 fully saturated rings. The normalized spacial score (nSPS) is 12.7. The molecule has 0 spiro atoms. The van der Waals surface area contributed by atoms with Crippen LogP contribution < -0.4 is 10.6 Å². The van der Waals surface area contributed by atoms with Gasteiger partial charge in [-0.3, -0.25) is 0 Å². The highest BCUT2D eigenvalue weighted by Gasteiger charge is 2.16. The minimum atomic E-state index is -0.464. The predicted octanol–water partition coefficient (Wildman–Crippen LogP) is 3.73. The fourth-order valence-corrected chi connectivity index (χ4v) is 1.98. The second-order valence-corrected chi connectivity index (χ2v) is 6.54. The molecule has 1 rings (SSSR count). The fraction of sp³-hybridized carbons (Fsp3) is 0.533. The van der Waals surface area contributed by atoms with E-state index in [1.807, 2.05) is 39.8 Å². The molecule has 1 unspecified atom stereocenters. The molecule has 0 saturated heterocycles. The molecule has 1 aromatic carbocycles. The average molecular weight is 296 g/mol. The van der Waals surface area contributed by atoms with Crippen molar-refractivity contribution < 1.29 is 9.53 Å². The maximum Gasteiger partial charge on any atom is 0.407 e. The van der Waals surface area contributed by atoms with Crippen LogP contribution in [0.25, 0.3) is 0 Å². The van der Waals surface area contributed by atoms with Crippen LogP contribution in [0.3, 0.4) is 0 Å². The SMILES string of the molecule is CSc1ccc(NC(C)CNC(=O)OC(C)(C)C)cc1. The van der Waals surface area contributed by atoms with E-state index >= 15 is 0 Å². The molecule has 0 radical (unpaired) electrons. The molecule has 5 heteroatoms. The first-order valence-corrected chi connectivity index (χ1v) is 7.90. The Labute approximate surface area is 125 Å². The third-order valence-electron chi connectivity index (χ3n) is 2.45. The quantitative estimate of drug-likeness (QED) is 0.813. The summed E-state index contributed by atoms with van der Waals surface area (Å²) in [4.78, 5) is 12.8. The number of amides is 1. The van der Waals surface area contributed by atoms with Gasteiger partial charge in [0.1, 0.15) is 5.60 Å². The number of anilines is 1. The number of benzene rings is 1. The van der Waals surface area contributed by atoms with Gasteiger partial charge >= 0.3 is 6.09 Å². The van der Waals surface area contributed by atoms with Crippen LogP contribution in [-0.2, 0) is 4.74 Å². The van der Waals surface area contributed by atoms with Crippen LogP contribution in [0.15, 0.2) is 29.2 Å². The third kappa shape index (κ3) is 6.70. The van der Waals surface area contributed by atoms with Gasteiger partial charge in [-0.1, -0.05) is 0 Å². The summed E-state index contributed by atoms with van der Waals surface area (Å²) in [6, 6.07) is 8.34. The molecule has 0 aromatic heterocycles. The maximum atomic E-state index is 11.5. The number of rotatable bonds is 5. The Morgan fingerprint density at radius 3 is 2.40 bits per heavy atom. The fourth-order valence-electron chi connectivity index (χ4n) is 1.57. The zero-order chi connectivity index (χ0) is 15.2. The summed E-state index contributed by atoms with van der Waals surface area (Å²) in [7, 11) is 0. The Morgan fingerprint density at radius 1 is 1.30 bits per heavy atom. The van der Waals surface area contributed by atoms with Crippen LogP contribution in [0.5, 0.6) is 0 Å². The lowest BCUT2D eigenvalue weighted by Crippen LogP contribution is -2.38. The Kier molecular flexibility index (Phi) is 6.20. The van der Waals surface area contributed by atoms with E-state index in [0.29, 0.717) is 6.54 Å². The first-order valence-electron chi connectivity index (χ1n) is 6.67. The summed E-state index contributed by atoms with van der Waals surface area (Å²) >= 11 is 1.71. The van der Waals surface area contributed by atoms with E-state index in [1.165, 1.54) is 4.90 Å². The first kappa shape index (κ1) is 16.7. The summed E-state index contributed by atoms with van der Waals surface area (Å²) in [5, 5.41) is 6.09. The zero-order valence-corrected chi connectivity index (χ0v) is 13.6. The largest absolute Gasteiger partial charge is 0.444 e. The van der Waals surface area contributed by atoms with Crippen molar-refractivity contribution in [3.05, 3.63) is 24.3 Å². The van der Waals surface area contributed by atoms with Gasteiger partial charge in [0.05, 0.1) is 0 Å². The Balaban J connectivity index is 2.36. The molecule has 0 saturated carbocycles. The highest BCUT2D eigenvalue weighted by Crippen LogP contribution is 2.17. The first-order chi connectivity index (χ1) is 9.30. The monoisotopic (exact) mass is 296 g/mol. The van der Waals surface area contributed by atoms with E-state index in [-0.39, 0.29) is 12.1 Å². The molecule has 1 amide bonds. The summed E-state index contributed by atoms with van der Waals surface area (Å²) in [6.45, 7) is 8.07. The van der Waals surface area contributed by atoms with Crippen molar-refractivity contribution >= 4 is 23.5 Å². The van der Waals surface area contributed by atoms with Crippen LogP contribution in [-0.4, -0.2) is 30.5 Å². The number of alkyl carbamates (subject to hydrolysis) is 1. The van der Waals surface area contributed by atoms with Crippen LogP contribution in [0.4, 0.5) is 10.5 Å². The lowest BCUT2D eigenvalue weighted by Gasteiger charge is -2.21. The summed E-state index contributed by atoms with van der Waals surface area (Å²) in [5.41, 5.74) is 0.579. The van der Waals surface area contributed by atoms with Crippen molar-refractivity contribution in [2.45, 2.75) is 44.2 Å². The van der Waals surface area contributed by atoms with Crippen molar-refractivity contribution in [1.82, 2.24) is 5.32 Å². The van der Waals surface area contributed by atoms with E-state index in [1.54, 1.807) is 11.8 Å². The average Bonchev–Trinajstić information content (AvgIpc) is 2.35. The highest BCUT2D eigenvalue weighted by atomic mass is 32.2. The smallest absolute Gasteiger partial charge is 0.407 e. The standard InChI is InChI=1S/C15H24N2O2S/c1-11(10-16-14(18)19-15(2,3)4)17-12-6-8-13(20-5)9-7-12/h6-9,11,17H,10H2,1-5H3,(H,16,18). The zero-order valence-electron chi connectivity index (χ0n) is 12.8. The number of carbonyl (C=O) groups excluding carboxylic acids is 1. The molecule has 0 aliphatic rings. The molecule has 0 heterocycles. The number of nitrogens with one attached hydrogen (secondary N) is 2. The lowest BCUT2D eigenvalue weighted by molar-refractivity contribution is 0.0526. The van der Waals surface area contributed by atoms with E-state index < -0.39 is 5.60 Å². The van der Waals surface area contributed by atoms with E-state index in [4.69, 9.17) is 4.74 Å². The topological polar surface area (TPSA) is 50.4 Å². The minimum absolute atomic E-state index is 0.127. The van der Waals surface area contributed by atoms with Crippen molar-refractivity contribution in [3.8, 4) is 0 Å². The molecule has 0 bridgehead atoms. The molecule has 1 atom stereocenters. The lowest BCUT2D eigenvalue weighted by atomic mass is 10.2. The van der Waals surface area contributed by atoms with Gasteiger partial charge in [0, 0.05) is 23.2 Å². The van der Waals surface area contributed by atoms with Crippen LogP contribution >= 0.6 is 11.8 Å². The predicted molar refractivity (Wildman–Crippen MR) is 85.5 cm³/mol. The van der Waals surface area contributed by atoms with Gasteiger partial charge in [0.2, 0.25) is 0 Å². The van der Waals surface area contributed by atoms with Crippen LogP contribution in [0.1, 0.15) is 27.7 Å². The molecule has 20 heavy (non-hydrogen) atoms. The number of hydrogen-bond acceptors (Lipinski definition) is 4. The molecule has 0 aliphatic carbocycles. The van der Waals surface area contributed by atoms with Gasteiger partial charge in [0.25, 0.3) is 0 Å². The number of hydrogen-bond donors (Lipinski definition) is 2. The minimum Gasteiger partial charge on any atom is -0.444 e. The number of thioether (sulfide) groups is 1. The molecule has 4 nitrogen and oxygen atoms in total. The summed E-state index contributed by atoms with van der Waals surface area (Å²) in [6.07, 6.45) is 1.67. The van der Waals surface area contributed by atoms with Gasteiger partial charge in [-0.05, 0) is 58.2 Å². The van der Waals surface area contributed by atoms with Gasteiger partial charge in [-0.25, -0.2) is 4.79 Å². The van der Waals surface area contributed by atoms with Crippen LogP contribution in [0.2, 0.25) is 0 Å². The maximum absolute atomic E-state index is 11.5. The number of carbonyl (C=O) groups is 1. The summed E-state index contributed by atoms with van der Waals surface area (Å²) in [5.74, 6) is 0. The van der Waals surface area contributed by atoms with Crippen molar-refractivity contribution in [2.24, 2.45) is 0 Å². The third-order valence-corrected chi connectivity index (χ3v) is 3.20. The van der Waals surface area contributed by atoms with Gasteiger partial charge in [-0.15, -0.1) is 11.8 Å². The van der Waals surface area contributed by atoms with E-state index in [9.17, 15) is 4.79 Å². The highest BCUT2D eigenvalue weighted by molar-refractivity contribution is 7.98. The molecule has 1 aromatic rings. The van der Waals surface area contributed by atoms with E-state index in [0.717, 1.165) is 5.69 Å². The van der Waals surface area contributed by atoms with Crippen molar-refractivity contribution in [1.29, 1.82) is 0 Å². The Morgan fingerprint density at radius 2 is 1.90 bits per heavy atom. The molecular formula is C15H24N2O2S.